The predicted molar refractivity (Wildman–Crippen MR) is 80.2 cm³/mol. The van der Waals surface area contributed by atoms with Gasteiger partial charge < -0.3 is 9.47 Å². The Morgan fingerprint density at radius 1 is 1.00 bits per heavy atom. The minimum Gasteiger partial charge on any atom is -0.497 e. The molecule has 1 aromatic rings. The first kappa shape index (κ1) is 19.3. The van der Waals surface area contributed by atoms with Crippen molar-refractivity contribution in [3.8, 4) is 5.75 Å². The molecule has 2 nitrogen and oxygen atoms in total. The van der Waals surface area contributed by atoms with E-state index >= 15 is 0 Å². The number of hydrogen-bond donors (Lipinski definition) is 0. The summed E-state index contributed by atoms with van der Waals surface area (Å²) in [5.41, 5.74) is 1.19. The molecule has 1 aromatic carbocycles. The molecule has 0 bridgehead atoms. The van der Waals surface area contributed by atoms with Crippen LogP contribution in [0, 0.1) is 0 Å². The molecule has 1 unspecified atom stereocenters. The Hall–Kier alpha value is -1.02. The van der Waals surface area contributed by atoms with Gasteiger partial charge in [0.2, 0.25) is 0 Å². The van der Waals surface area contributed by atoms with E-state index in [1.165, 1.54) is 5.56 Å². The topological polar surface area (TPSA) is 18.5 Å². The standard InChI is InChI=1S/C12H18O2.2C2H6/c1-4-10(2)14-9-11-5-7-12(13-3)8-6-11;2*1-2/h5-8,10H,4,9H2,1-3H3;2*1-2H3. The van der Waals surface area contributed by atoms with E-state index in [1.807, 2.05) is 52.0 Å². The highest BCUT2D eigenvalue weighted by molar-refractivity contribution is 5.26. The van der Waals surface area contributed by atoms with Crippen LogP contribution in [0.25, 0.3) is 0 Å². The fourth-order valence-corrected chi connectivity index (χ4v) is 1.08. The smallest absolute Gasteiger partial charge is 0.118 e. The van der Waals surface area contributed by atoms with Gasteiger partial charge in [0.15, 0.2) is 0 Å². The van der Waals surface area contributed by atoms with Crippen LogP contribution >= 0.6 is 0 Å². The third kappa shape index (κ3) is 9.06. The summed E-state index contributed by atoms with van der Waals surface area (Å²) in [4.78, 5) is 0. The van der Waals surface area contributed by atoms with E-state index in [9.17, 15) is 0 Å². The number of rotatable bonds is 5. The lowest BCUT2D eigenvalue weighted by Gasteiger charge is -2.10. The van der Waals surface area contributed by atoms with Crippen LogP contribution in [0.3, 0.4) is 0 Å². The third-order valence-electron chi connectivity index (χ3n) is 2.27. The van der Waals surface area contributed by atoms with Crippen LogP contribution in [-0.4, -0.2) is 13.2 Å². The highest BCUT2D eigenvalue weighted by atomic mass is 16.5. The van der Waals surface area contributed by atoms with Crippen molar-refractivity contribution < 1.29 is 9.47 Å². The number of benzene rings is 1. The Balaban J connectivity index is 0. The molecule has 0 saturated carbocycles. The molecule has 0 aliphatic heterocycles. The number of ether oxygens (including phenoxy) is 2. The first-order chi connectivity index (χ1) is 8.76. The lowest BCUT2D eigenvalue weighted by molar-refractivity contribution is 0.0508. The minimum absolute atomic E-state index is 0.331. The molecule has 0 amide bonds. The summed E-state index contributed by atoms with van der Waals surface area (Å²) in [5.74, 6) is 0.886. The van der Waals surface area contributed by atoms with Gasteiger partial charge in [0.05, 0.1) is 19.8 Å². The van der Waals surface area contributed by atoms with Crippen molar-refractivity contribution in [1.29, 1.82) is 0 Å². The Bertz CT molecular complexity index is 254. The molecular formula is C16H30O2. The molecule has 0 saturated heterocycles. The Morgan fingerprint density at radius 3 is 1.89 bits per heavy atom. The molecule has 0 aliphatic rings. The largest absolute Gasteiger partial charge is 0.497 e. The van der Waals surface area contributed by atoms with Gasteiger partial charge in [-0.1, -0.05) is 46.8 Å². The van der Waals surface area contributed by atoms with Gasteiger partial charge in [-0.05, 0) is 31.0 Å². The molecule has 0 heterocycles. The highest BCUT2D eigenvalue weighted by Gasteiger charge is 1.99. The first-order valence-corrected chi connectivity index (χ1v) is 7.00. The van der Waals surface area contributed by atoms with Crippen LogP contribution in [0.5, 0.6) is 5.75 Å². The summed E-state index contributed by atoms with van der Waals surface area (Å²) in [5, 5.41) is 0. The normalized spacial score (nSPS) is 10.4. The van der Waals surface area contributed by atoms with Crippen LogP contribution in [0.1, 0.15) is 53.5 Å². The van der Waals surface area contributed by atoms with Gasteiger partial charge in [-0.3, -0.25) is 0 Å². The maximum absolute atomic E-state index is 5.61. The molecular weight excluding hydrogens is 224 g/mol. The molecule has 1 rings (SSSR count). The second kappa shape index (κ2) is 14.0. The summed E-state index contributed by atoms with van der Waals surface area (Å²) in [7, 11) is 1.67. The van der Waals surface area contributed by atoms with E-state index in [0.717, 1.165) is 12.2 Å². The zero-order valence-electron chi connectivity index (χ0n) is 13.1. The molecule has 0 N–H and O–H groups in total. The van der Waals surface area contributed by atoms with Gasteiger partial charge in [-0.2, -0.15) is 0 Å². The monoisotopic (exact) mass is 254 g/mol. The van der Waals surface area contributed by atoms with Crippen molar-refractivity contribution in [2.24, 2.45) is 0 Å². The number of methoxy groups -OCH3 is 1. The van der Waals surface area contributed by atoms with Crippen LogP contribution in [0.15, 0.2) is 24.3 Å². The summed E-state index contributed by atoms with van der Waals surface area (Å²) in [6.45, 7) is 12.9. The molecule has 0 radical (unpaired) electrons. The fraction of sp³-hybridized carbons (Fsp3) is 0.625. The molecule has 0 fully saturated rings. The molecule has 1 atom stereocenters. The van der Waals surface area contributed by atoms with Crippen LogP contribution in [0.4, 0.5) is 0 Å². The first-order valence-electron chi connectivity index (χ1n) is 7.00. The molecule has 2 heteroatoms. The van der Waals surface area contributed by atoms with Crippen molar-refractivity contribution in [2.45, 2.75) is 60.7 Å². The third-order valence-corrected chi connectivity index (χ3v) is 2.27. The maximum Gasteiger partial charge on any atom is 0.118 e. The molecule has 0 aliphatic carbocycles. The van der Waals surface area contributed by atoms with Gasteiger partial charge >= 0.3 is 0 Å². The van der Waals surface area contributed by atoms with E-state index in [1.54, 1.807) is 7.11 Å². The van der Waals surface area contributed by atoms with E-state index in [-0.39, 0.29) is 0 Å². The Labute approximate surface area is 113 Å². The van der Waals surface area contributed by atoms with Gasteiger partial charge in [0, 0.05) is 0 Å². The van der Waals surface area contributed by atoms with Gasteiger partial charge in [0.1, 0.15) is 5.75 Å². The second-order valence-corrected chi connectivity index (χ2v) is 3.38. The number of hydrogen-bond acceptors (Lipinski definition) is 2. The van der Waals surface area contributed by atoms with Crippen molar-refractivity contribution in [1.82, 2.24) is 0 Å². The SMILES string of the molecule is CC.CC.CCC(C)OCc1ccc(OC)cc1. The van der Waals surface area contributed by atoms with E-state index < -0.39 is 0 Å². The summed E-state index contributed by atoms with van der Waals surface area (Å²) >= 11 is 0. The van der Waals surface area contributed by atoms with E-state index in [2.05, 4.69) is 13.8 Å². The summed E-state index contributed by atoms with van der Waals surface area (Å²) < 4.78 is 10.7. The van der Waals surface area contributed by atoms with Crippen LogP contribution < -0.4 is 4.74 Å². The van der Waals surface area contributed by atoms with Crippen LogP contribution in [0.2, 0.25) is 0 Å². The van der Waals surface area contributed by atoms with Crippen molar-refractivity contribution in [3.63, 3.8) is 0 Å². The maximum atomic E-state index is 5.61. The summed E-state index contributed by atoms with van der Waals surface area (Å²) in [6.07, 6.45) is 1.38. The lowest BCUT2D eigenvalue weighted by atomic mass is 10.2. The lowest BCUT2D eigenvalue weighted by Crippen LogP contribution is -2.05. The Kier molecular flexibility index (Phi) is 15.1. The van der Waals surface area contributed by atoms with Gasteiger partial charge in [0.25, 0.3) is 0 Å². The Morgan fingerprint density at radius 2 is 1.50 bits per heavy atom. The predicted octanol–water partition coefficient (Wildman–Crippen LogP) is 5.06. The van der Waals surface area contributed by atoms with Crippen molar-refractivity contribution in [3.05, 3.63) is 29.8 Å². The quantitative estimate of drug-likeness (QED) is 0.731. The average Bonchev–Trinajstić information content (AvgIpc) is 2.49. The molecule has 106 valence electrons. The zero-order valence-corrected chi connectivity index (χ0v) is 13.1. The highest BCUT2D eigenvalue weighted by Crippen LogP contribution is 2.12. The zero-order chi connectivity index (χ0) is 14.4. The fourth-order valence-electron chi connectivity index (χ4n) is 1.08. The molecule has 0 aromatic heterocycles. The van der Waals surface area contributed by atoms with Gasteiger partial charge in [-0.25, -0.2) is 0 Å². The summed E-state index contributed by atoms with van der Waals surface area (Å²) in [6, 6.07) is 7.97. The average molecular weight is 254 g/mol. The van der Waals surface area contributed by atoms with Crippen molar-refractivity contribution in [2.75, 3.05) is 7.11 Å². The van der Waals surface area contributed by atoms with Crippen molar-refractivity contribution >= 4 is 0 Å². The molecule has 18 heavy (non-hydrogen) atoms. The van der Waals surface area contributed by atoms with E-state index in [0.29, 0.717) is 12.7 Å². The second-order valence-electron chi connectivity index (χ2n) is 3.38. The molecule has 0 spiro atoms. The van der Waals surface area contributed by atoms with E-state index in [4.69, 9.17) is 9.47 Å². The van der Waals surface area contributed by atoms with Crippen LogP contribution in [-0.2, 0) is 11.3 Å². The van der Waals surface area contributed by atoms with Gasteiger partial charge in [-0.15, -0.1) is 0 Å². The minimum atomic E-state index is 0.331.